The van der Waals surface area contributed by atoms with Crippen LogP contribution in [0.2, 0.25) is 0 Å². The topological polar surface area (TPSA) is 138 Å². The third kappa shape index (κ3) is 4.64. The van der Waals surface area contributed by atoms with Gasteiger partial charge in [0.15, 0.2) is 11.6 Å². The van der Waals surface area contributed by atoms with Crippen LogP contribution in [0.1, 0.15) is 50.0 Å². The lowest BCUT2D eigenvalue weighted by molar-refractivity contribution is -0.141. The van der Waals surface area contributed by atoms with Crippen molar-refractivity contribution in [3.8, 4) is 11.5 Å². The SMILES string of the molecule is COc1ccc(C2C3=CCC4C(=O)N(CCCCCC(=O)O)C(=O)C4C3CC3=C2C(=O)C=C(Br)C3=O)c(O)c1. The molecule has 0 spiro atoms. The van der Waals surface area contributed by atoms with Crippen LogP contribution in [0.3, 0.4) is 0 Å². The molecule has 9 nitrogen and oxygen atoms in total. The van der Waals surface area contributed by atoms with Gasteiger partial charge >= 0.3 is 5.97 Å². The van der Waals surface area contributed by atoms with Crippen LogP contribution in [0.25, 0.3) is 0 Å². The number of fused-ring (bicyclic) bond motifs is 3. The number of aliphatic carboxylic acids is 1. The zero-order chi connectivity index (χ0) is 28.0. The number of halogens is 1. The zero-order valence-corrected chi connectivity index (χ0v) is 22.9. The minimum absolute atomic E-state index is 0.0380. The van der Waals surface area contributed by atoms with Crippen molar-refractivity contribution in [1.82, 2.24) is 4.90 Å². The maximum absolute atomic E-state index is 13.7. The van der Waals surface area contributed by atoms with E-state index in [9.17, 15) is 29.1 Å². The summed E-state index contributed by atoms with van der Waals surface area (Å²) in [6.07, 6.45) is 5.21. The van der Waals surface area contributed by atoms with Crippen LogP contribution >= 0.6 is 15.9 Å². The Morgan fingerprint density at radius 3 is 2.56 bits per heavy atom. The van der Waals surface area contributed by atoms with E-state index in [4.69, 9.17) is 9.84 Å². The highest BCUT2D eigenvalue weighted by molar-refractivity contribution is 9.12. The van der Waals surface area contributed by atoms with Gasteiger partial charge < -0.3 is 14.9 Å². The van der Waals surface area contributed by atoms with Gasteiger partial charge in [-0.25, -0.2) is 0 Å². The number of methoxy groups -OCH3 is 1. The highest BCUT2D eigenvalue weighted by Gasteiger charge is 2.56. The number of hydrogen-bond donors (Lipinski definition) is 2. The fraction of sp³-hybridized carbons (Fsp3) is 0.414. The van der Waals surface area contributed by atoms with E-state index in [0.717, 1.165) is 5.57 Å². The van der Waals surface area contributed by atoms with Gasteiger partial charge in [-0.3, -0.25) is 28.9 Å². The van der Waals surface area contributed by atoms with Crippen LogP contribution in [-0.4, -0.2) is 58.1 Å². The van der Waals surface area contributed by atoms with Gasteiger partial charge in [0.2, 0.25) is 11.8 Å². The molecule has 39 heavy (non-hydrogen) atoms. The molecule has 1 aliphatic heterocycles. The first-order valence-electron chi connectivity index (χ1n) is 13.0. The van der Waals surface area contributed by atoms with Gasteiger partial charge in [-0.1, -0.05) is 24.1 Å². The summed E-state index contributed by atoms with van der Waals surface area (Å²) < 4.78 is 5.36. The molecule has 10 heteroatoms. The predicted molar refractivity (Wildman–Crippen MR) is 142 cm³/mol. The van der Waals surface area contributed by atoms with E-state index in [0.29, 0.717) is 42.6 Å². The molecular formula is C29H28BrNO8. The number of imide groups is 1. The molecule has 5 rings (SSSR count). The van der Waals surface area contributed by atoms with E-state index in [1.54, 1.807) is 12.1 Å². The lowest BCUT2D eigenvalue weighted by Crippen LogP contribution is -2.39. The number of hydrogen-bond acceptors (Lipinski definition) is 7. The first-order chi connectivity index (χ1) is 18.6. The van der Waals surface area contributed by atoms with Crippen LogP contribution in [0, 0.1) is 17.8 Å². The van der Waals surface area contributed by atoms with Crippen molar-refractivity contribution in [2.75, 3.05) is 13.7 Å². The number of allylic oxidation sites excluding steroid dienone is 6. The number of Topliss-reactive ketones (excluding diaryl/α,β-unsaturated/α-hetero) is 1. The Morgan fingerprint density at radius 1 is 1.10 bits per heavy atom. The van der Waals surface area contributed by atoms with Crippen LogP contribution < -0.4 is 4.74 Å². The highest BCUT2D eigenvalue weighted by atomic mass is 79.9. The molecule has 3 aliphatic carbocycles. The van der Waals surface area contributed by atoms with Crippen molar-refractivity contribution < 1.29 is 38.9 Å². The minimum atomic E-state index is -0.881. The Morgan fingerprint density at radius 2 is 1.87 bits per heavy atom. The number of aromatic hydroxyl groups is 1. The number of likely N-dealkylation sites (tertiary alicyclic amines) is 1. The number of ether oxygens (including phenoxy) is 1. The first kappa shape index (κ1) is 27.1. The molecule has 1 fully saturated rings. The van der Waals surface area contributed by atoms with Crippen LogP contribution in [0.4, 0.5) is 0 Å². The Balaban J connectivity index is 1.51. The Bertz CT molecular complexity index is 1390. The summed E-state index contributed by atoms with van der Waals surface area (Å²) in [7, 11) is 1.47. The summed E-state index contributed by atoms with van der Waals surface area (Å²) in [6, 6.07) is 4.78. The molecule has 1 aromatic carbocycles. The average molecular weight is 598 g/mol. The predicted octanol–water partition coefficient (Wildman–Crippen LogP) is 3.81. The lowest BCUT2D eigenvalue weighted by atomic mass is 9.59. The number of amides is 2. The molecule has 1 heterocycles. The molecule has 2 N–H and O–H groups in total. The number of carboxylic acid groups (broad SMARTS) is 1. The fourth-order valence-corrected chi connectivity index (χ4v) is 6.91. The molecule has 4 atom stereocenters. The Kier molecular flexibility index (Phi) is 7.33. The number of unbranched alkanes of at least 4 members (excludes halogenated alkanes) is 2. The molecule has 0 radical (unpaired) electrons. The molecule has 0 saturated carbocycles. The quantitative estimate of drug-likeness (QED) is 0.200. The Hall–Kier alpha value is -3.53. The normalized spacial score (nSPS) is 26.2. The number of carbonyl (C=O) groups excluding carboxylic acids is 4. The summed E-state index contributed by atoms with van der Waals surface area (Å²) in [5, 5.41) is 19.8. The third-order valence-electron chi connectivity index (χ3n) is 8.24. The van der Waals surface area contributed by atoms with Gasteiger partial charge in [-0.2, -0.15) is 0 Å². The number of nitrogens with zero attached hydrogens (tertiary/aromatic N) is 1. The van der Waals surface area contributed by atoms with Gasteiger partial charge in [0, 0.05) is 47.7 Å². The number of carboxylic acids is 1. The summed E-state index contributed by atoms with van der Waals surface area (Å²) in [5.74, 6) is -4.25. The van der Waals surface area contributed by atoms with Crippen molar-refractivity contribution in [1.29, 1.82) is 0 Å². The second-order valence-electron chi connectivity index (χ2n) is 10.4. The van der Waals surface area contributed by atoms with E-state index in [1.807, 2.05) is 6.08 Å². The maximum Gasteiger partial charge on any atom is 0.303 e. The van der Waals surface area contributed by atoms with E-state index in [2.05, 4.69) is 15.9 Å². The van der Waals surface area contributed by atoms with Crippen LogP contribution in [-0.2, 0) is 24.0 Å². The first-order valence-corrected chi connectivity index (χ1v) is 13.8. The van der Waals surface area contributed by atoms with Gasteiger partial charge in [0.05, 0.1) is 23.4 Å². The summed E-state index contributed by atoms with van der Waals surface area (Å²) in [4.78, 5) is 65.6. The number of phenolic OH excluding ortho intramolecular Hbond substituents is 1. The number of carbonyl (C=O) groups is 5. The molecule has 204 valence electrons. The zero-order valence-electron chi connectivity index (χ0n) is 21.3. The largest absolute Gasteiger partial charge is 0.507 e. The van der Waals surface area contributed by atoms with Gasteiger partial charge in [0.1, 0.15) is 11.5 Å². The Labute approximate surface area is 233 Å². The average Bonchev–Trinajstić information content (AvgIpc) is 3.15. The van der Waals surface area contributed by atoms with Gasteiger partial charge in [0.25, 0.3) is 0 Å². The molecule has 4 unspecified atom stereocenters. The van der Waals surface area contributed by atoms with Gasteiger partial charge in [-0.15, -0.1) is 0 Å². The summed E-state index contributed by atoms with van der Waals surface area (Å²) in [6.45, 7) is 0.217. The second kappa shape index (κ2) is 10.6. The van der Waals surface area contributed by atoms with Crippen LogP contribution in [0.5, 0.6) is 11.5 Å². The third-order valence-corrected chi connectivity index (χ3v) is 8.83. The molecule has 1 aromatic rings. The molecular weight excluding hydrogens is 570 g/mol. The van der Waals surface area contributed by atoms with E-state index >= 15 is 0 Å². The van der Waals surface area contributed by atoms with E-state index in [1.165, 1.54) is 24.2 Å². The summed E-state index contributed by atoms with van der Waals surface area (Å²) >= 11 is 3.20. The van der Waals surface area contributed by atoms with E-state index in [-0.39, 0.29) is 58.6 Å². The fourth-order valence-electron chi connectivity index (χ4n) is 6.47. The standard InChI is InChI=1S/C29H28BrNO8/c1-39-14-6-7-16(21(32)11-14)24-15-8-9-17-25(18(15)12-19-26(24)22(33)13-20(30)27(19)36)29(38)31(28(17)37)10-4-2-3-5-23(34)35/h6-8,11,13,17-18,24-25,32H,2-5,9-10,12H2,1H3,(H,34,35). The second-order valence-corrected chi connectivity index (χ2v) is 11.2. The number of benzene rings is 1. The smallest absolute Gasteiger partial charge is 0.303 e. The van der Waals surface area contributed by atoms with Crippen molar-refractivity contribution in [2.24, 2.45) is 17.8 Å². The molecule has 0 bridgehead atoms. The molecule has 0 aromatic heterocycles. The maximum atomic E-state index is 13.7. The lowest BCUT2D eigenvalue weighted by Gasteiger charge is -2.42. The molecule has 2 amide bonds. The number of rotatable bonds is 8. The van der Waals surface area contributed by atoms with Crippen molar-refractivity contribution in [3.05, 3.63) is 57.1 Å². The summed E-state index contributed by atoms with van der Waals surface area (Å²) in [5.41, 5.74) is 1.77. The van der Waals surface area contributed by atoms with Crippen LogP contribution in [0.15, 0.2) is 51.6 Å². The highest BCUT2D eigenvalue weighted by Crippen LogP contribution is 2.56. The monoisotopic (exact) mass is 597 g/mol. The van der Waals surface area contributed by atoms with Crippen molar-refractivity contribution >= 4 is 45.3 Å². The minimum Gasteiger partial charge on any atom is -0.507 e. The van der Waals surface area contributed by atoms with Crippen molar-refractivity contribution in [3.63, 3.8) is 0 Å². The number of phenols is 1. The number of ketones is 2. The molecule has 1 saturated heterocycles. The van der Waals surface area contributed by atoms with Gasteiger partial charge in [-0.05, 0) is 53.6 Å². The van der Waals surface area contributed by atoms with Crippen molar-refractivity contribution in [2.45, 2.75) is 44.4 Å². The van der Waals surface area contributed by atoms with E-state index < -0.39 is 29.6 Å². The molecule has 4 aliphatic rings.